The maximum Gasteiger partial charge on any atom is 0.127 e. The zero-order chi connectivity index (χ0) is 17.0. The lowest BCUT2D eigenvalue weighted by atomic mass is 9.93. The van der Waals surface area contributed by atoms with Crippen LogP contribution in [0.15, 0.2) is 10.8 Å². The van der Waals surface area contributed by atoms with Crippen LogP contribution in [0, 0.1) is 0 Å². The van der Waals surface area contributed by atoms with Crippen LogP contribution in [0.3, 0.4) is 0 Å². The number of aliphatic hydroxyl groups is 2. The SMILES string of the molecule is CCCCCCCCCCc1nocc1CCC(N)(CO)CO. The topological polar surface area (TPSA) is 92.5 Å². The van der Waals surface area contributed by atoms with Gasteiger partial charge < -0.3 is 20.5 Å². The summed E-state index contributed by atoms with van der Waals surface area (Å²) in [5.74, 6) is 0. The molecule has 0 radical (unpaired) electrons. The Morgan fingerprint density at radius 3 is 2.22 bits per heavy atom. The summed E-state index contributed by atoms with van der Waals surface area (Å²) in [6.45, 7) is 1.80. The molecule has 0 fully saturated rings. The van der Waals surface area contributed by atoms with Crippen molar-refractivity contribution >= 4 is 0 Å². The standard InChI is InChI=1S/C18H34N2O3/c1-2-3-4-5-6-7-8-9-10-17-16(13-23-20-17)11-12-18(19,14-21)15-22/h13,21-22H,2-12,14-15,19H2,1H3. The van der Waals surface area contributed by atoms with Crippen LogP contribution in [0.25, 0.3) is 0 Å². The number of rotatable bonds is 14. The normalized spacial score (nSPS) is 12.0. The highest BCUT2D eigenvalue weighted by Crippen LogP contribution is 2.17. The monoisotopic (exact) mass is 326 g/mol. The second-order valence-electron chi connectivity index (χ2n) is 6.69. The maximum absolute atomic E-state index is 9.24. The molecule has 0 atom stereocenters. The largest absolute Gasteiger partial charge is 0.394 e. The Labute approximate surface area is 140 Å². The van der Waals surface area contributed by atoms with Crippen LogP contribution >= 0.6 is 0 Å². The van der Waals surface area contributed by atoms with Crippen LogP contribution in [-0.4, -0.2) is 34.1 Å². The summed E-state index contributed by atoms with van der Waals surface area (Å²) in [4.78, 5) is 0. The molecule has 0 spiro atoms. The first-order valence-electron chi connectivity index (χ1n) is 9.08. The van der Waals surface area contributed by atoms with Gasteiger partial charge in [-0.3, -0.25) is 0 Å². The first kappa shape index (κ1) is 20.1. The van der Waals surface area contributed by atoms with Crippen LogP contribution in [0.4, 0.5) is 0 Å². The van der Waals surface area contributed by atoms with Gasteiger partial charge in [-0.05, 0) is 25.7 Å². The second kappa shape index (κ2) is 11.6. The van der Waals surface area contributed by atoms with E-state index in [0.29, 0.717) is 12.8 Å². The number of unbranched alkanes of at least 4 members (excludes halogenated alkanes) is 7. The summed E-state index contributed by atoms with van der Waals surface area (Å²) in [5, 5.41) is 22.6. The molecule has 1 heterocycles. The third kappa shape index (κ3) is 7.95. The Balaban J connectivity index is 2.22. The average Bonchev–Trinajstić information content (AvgIpc) is 3.02. The summed E-state index contributed by atoms with van der Waals surface area (Å²) >= 11 is 0. The molecule has 0 aliphatic rings. The minimum atomic E-state index is -0.924. The van der Waals surface area contributed by atoms with E-state index in [1.165, 1.54) is 44.9 Å². The molecule has 5 heteroatoms. The van der Waals surface area contributed by atoms with Crippen LogP contribution in [0.2, 0.25) is 0 Å². The molecule has 0 unspecified atom stereocenters. The van der Waals surface area contributed by atoms with Gasteiger partial charge in [-0.15, -0.1) is 0 Å². The van der Waals surface area contributed by atoms with Crippen molar-refractivity contribution in [2.24, 2.45) is 5.73 Å². The lowest BCUT2D eigenvalue weighted by Crippen LogP contribution is -2.47. The second-order valence-corrected chi connectivity index (χ2v) is 6.69. The van der Waals surface area contributed by atoms with Gasteiger partial charge >= 0.3 is 0 Å². The van der Waals surface area contributed by atoms with E-state index >= 15 is 0 Å². The van der Waals surface area contributed by atoms with E-state index < -0.39 is 5.54 Å². The quantitative estimate of drug-likeness (QED) is 0.457. The molecule has 0 amide bonds. The number of hydrogen-bond donors (Lipinski definition) is 3. The first-order valence-corrected chi connectivity index (χ1v) is 9.08. The maximum atomic E-state index is 9.24. The molecule has 0 saturated carbocycles. The van der Waals surface area contributed by atoms with E-state index in [1.807, 2.05) is 0 Å². The summed E-state index contributed by atoms with van der Waals surface area (Å²) in [6, 6.07) is 0. The van der Waals surface area contributed by atoms with Gasteiger partial charge in [0.2, 0.25) is 0 Å². The third-order valence-corrected chi connectivity index (χ3v) is 4.52. The van der Waals surface area contributed by atoms with Crippen molar-refractivity contribution in [2.75, 3.05) is 13.2 Å². The van der Waals surface area contributed by atoms with Gasteiger partial charge in [0.25, 0.3) is 0 Å². The van der Waals surface area contributed by atoms with Crippen LogP contribution in [0.1, 0.15) is 76.0 Å². The number of aliphatic hydroxyl groups excluding tert-OH is 2. The molecule has 0 aliphatic heterocycles. The highest BCUT2D eigenvalue weighted by Gasteiger charge is 2.23. The molecule has 0 aromatic carbocycles. The smallest absolute Gasteiger partial charge is 0.127 e. The van der Waals surface area contributed by atoms with E-state index in [9.17, 15) is 10.2 Å². The molecule has 134 valence electrons. The molecule has 0 saturated heterocycles. The first-order chi connectivity index (χ1) is 11.1. The highest BCUT2D eigenvalue weighted by atomic mass is 16.5. The van der Waals surface area contributed by atoms with Crippen molar-refractivity contribution in [3.05, 3.63) is 17.5 Å². The number of aryl methyl sites for hydroxylation is 2. The number of nitrogens with zero attached hydrogens (tertiary/aromatic N) is 1. The van der Waals surface area contributed by atoms with E-state index in [0.717, 1.165) is 24.1 Å². The van der Waals surface area contributed by atoms with E-state index in [1.54, 1.807) is 6.26 Å². The van der Waals surface area contributed by atoms with Gasteiger partial charge in [0.05, 0.1) is 24.4 Å². The van der Waals surface area contributed by atoms with Crippen molar-refractivity contribution < 1.29 is 14.7 Å². The summed E-state index contributed by atoms with van der Waals surface area (Å²) in [5.41, 5.74) is 7.02. The number of nitrogens with two attached hydrogens (primary N) is 1. The molecule has 0 bridgehead atoms. The Morgan fingerprint density at radius 2 is 1.61 bits per heavy atom. The van der Waals surface area contributed by atoms with Crippen LogP contribution in [0.5, 0.6) is 0 Å². The zero-order valence-electron chi connectivity index (χ0n) is 14.6. The van der Waals surface area contributed by atoms with Gasteiger partial charge in [0.15, 0.2) is 0 Å². The van der Waals surface area contributed by atoms with E-state index in [4.69, 9.17) is 10.3 Å². The summed E-state index contributed by atoms with van der Waals surface area (Å²) in [7, 11) is 0. The van der Waals surface area contributed by atoms with Gasteiger partial charge in [0.1, 0.15) is 6.26 Å². The molecular formula is C18H34N2O3. The molecule has 1 aromatic heterocycles. The molecule has 23 heavy (non-hydrogen) atoms. The van der Waals surface area contributed by atoms with Crippen LogP contribution in [-0.2, 0) is 12.8 Å². The van der Waals surface area contributed by atoms with E-state index in [-0.39, 0.29) is 13.2 Å². The minimum absolute atomic E-state index is 0.220. The van der Waals surface area contributed by atoms with Gasteiger partial charge in [-0.2, -0.15) is 0 Å². The lowest BCUT2D eigenvalue weighted by Gasteiger charge is -2.24. The van der Waals surface area contributed by atoms with E-state index in [2.05, 4.69) is 12.1 Å². The number of aromatic nitrogens is 1. The predicted molar refractivity (Wildman–Crippen MR) is 92.2 cm³/mol. The molecule has 1 rings (SSSR count). The summed E-state index contributed by atoms with van der Waals surface area (Å²) < 4.78 is 5.08. The Bertz CT molecular complexity index is 403. The van der Waals surface area contributed by atoms with Gasteiger partial charge in [-0.25, -0.2) is 0 Å². The van der Waals surface area contributed by atoms with Crippen LogP contribution < -0.4 is 5.73 Å². The summed E-state index contributed by atoms with van der Waals surface area (Å²) in [6.07, 6.45) is 14.1. The van der Waals surface area contributed by atoms with Gasteiger partial charge in [-0.1, -0.05) is 57.0 Å². The van der Waals surface area contributed by atoms with Crippen molar-refractivity contribution in [1.29, 1.82) is 0 Å². The Hall–Kier alpha value is -0.910. The van der Waals surface area contributed by atoms with Gasteiger partial charge in [0, 0.05) is 5.56 Å². The minimum Gasteiger partial charge on any atom is -0.394 e. The Kier molecular flexibility index (Phi) is 10.2. The predicted octanol–water partition coefficient (Wildman–Crippen LogP) is 2.97. The fourth-order valence-corrected chi connectivity index (χ4v) is 2.71. The molecule has 0 aliphatic carbocycles. The highest BCUT2D eigenvalue weighted by molar-refractivity contribution is 5.15. The fourth-order valence-electron chi connectivity index (χ4n) is 2.71. The molecule has 4 N–H and O–H groups in total. The molecular weight excluding hydrogens is 292 g/mol. The average molecular weight is 326 g/mol. The Morgan fingerprint density at radius 1 is 1.00 bits per heavy atom. The van der Waals surface area contributed by atoms with Crippen molar-refractivity contribution in [3.8, 4) is 0 Å². The van der Waals surface area contributed by atoms with Crippen molar-refractivity contribution in [2.45, 2.75) is 83.1 Å². The zero-order valence-corrected chi connectivity index (χ0v) is 14.6. The van der Waals surface area contributed by atoms with Crippen molar-refractivity contribution in [3.63, 3.8) is 0 Å². The fraction of sp³-hybridized carbons (Fsp3) is 0.833. The molecule has 1 aromatic rings. The lowest BCUT2D eigenvalue weighted by molar-refractivity contribution is 0.115. The number of hydrogen-bond acceptors (Lipinski definition) is 5. The third-order valence-electron chi connectivity index (χ3n) is 4.52. The van der Waals surface area contributed by atoms with Crippen molar-refractivity contribution in [1.82, 2.24) is 5.16 Å². The molecule has 5 nitrogen and oxygen atoms in total.